The first-order valence-corrected chi connectivity index (χ1v) is 7.06. The topological polar surface area (TPSA) is 24.1 Å². The van der Waals surface area contributed by atoms with Crippen molar-refractivity contribution in [1.29, 1.82) is 0 Å². The predicted molar refractivity (Wildman–Crippen MR) is 80.2 cm³/mol. The largest absolute Gasteiger partial charge is 0.315 e. The van der Waals surface area contributed by atoms with Crippen LogP contribution in [0.4, 0.5) is 0 Å². The number of benzene rings is 1. The van der Waals surface area contributed by atoms with Gasteiger partial charge in [-0.3, -0.25) is 0 Å². The van der Waals surface area contributed by atoms with Gasteiger partial charge in [0.1, 0.15) is 0 Å². The average Bonchev–Trinajstić information content (AvgIpc) is 2.30. The molecule has 0 aliphatic carbocycles. The lowest BCUT2D eigenvalue weighted by Crippen LogP contribution is -2.37. The Labute approximate surface area is 116 Å². The van der Waals surface area contributed by atoms with Crippen molar-refractivity contribution in [2.24, 2.45) is 5.92 Å². The van der Waals surface area contributed by atoms with Crippen LogP contribution in [0.5, 0.6) is 0 Å². The maximum Gasteiger partial charge on any atom is 0.0435 e. The van der Waals surface area contributed by atoms with Crippen molar-refractivity contribution >= 4 is 11.6 Å². The van der Waals surface area contributed by atoms with E-state index in [9.17, 15) is 0 Å². The lowest BCUT2D eigenvalue weighted by molar-refractivity contribution is 0.472. The Hall–Kier alpha value is -0.570. The molecule has 3 heteroatoms. The van der Waals surface area contributed by atoms with E-state index in [0.717, 1.165) is 30.2 Å². The second-order valence-corrected chi connectivity index (χ2v) is 5.82. The van der Waals surface area contributed by atoms with Gasteiger partial charge in [-0.25, -0.2) is 0 Å². The van der Waals surface area contributed by atoms with Gasteiger partial charge in [-0.15, -0.1) is 0 Å². The van der Waals surface area contributed by atoms with Crippen LogP contribution in [-0.4, -0.2) is 19.1 Å². The van der Waals surface area contributed by atoms with E-state index in [-0.39, 0.29) is 0 Å². The molecule has 0 spiro atoms. The molecule has 2 N–H and O–H groups in total. The lowest BCUT2D eigenvalue weighted by Gasteiger charge is -2.16. The molecule has 0 radical (unpaired) electrons. The summed E-state index contributed by atoms with van der Waals surface area (Å²) >= 11 is 6.01. The third-order valence-electron chi connectivity index (χ3n) is 2.88. The summed E-state index contributed by atoms with van der Waals surface area (Å²) in [5.41, 5.74) is 2.43. The van der Waals surface area contributed by atoms with Crippen LogP contribution in [0.1, 0.15) is 31.9 Å². The molecule has 0 fully saturated rings. The van der Waals surface area contributed by atoms with E-state index >= 15 is 0 Å². The third kappa shape index (κ3) is 5.85. The van der Waals surface area contributed by atoms with Crippen LogP contribution in [0.25, 0.3) is 0 Å². The molecule has 0 heterocycles. The van der Waals surface area contributed by atoms with Crippen molar-refractivity contribution < 1.29 is 0 Å². The number of halogens is 1. The summed E-state index contributed by atoms with van der Waals surface area (Å²) < 4.78 is 0. The van der Waals surface area contributed by atoms with E-state index in [1.165, 1.54) is 5.56 Å². The molecule has 0 aliphatic rings. The summed E-state index contributed by atoms with van der Waals surface area (Å²) in [6.07, 6.45) is 0. The van der Waals surface area contributed by atoms with E-state index in [1.54, 1.807) is 0 Å². The molecular weight excluding hydrogens is 244 g/mol. The summed E-state index contributed by atoms with van der Waals surface area (Å²) in [6.45, 7) is 11.7. The van der Waals surface area contributed by atoms with Gasteiger partial charge in [0.05, 0.1) is 0 Å². The Morgan fingerprint density at radius 3 is 2.50 bits per heavy atom. The van der Waals surface area contributed by atoms with E-state index in [2.05, 4.69) is 43.5 Å². The maximum absolute atomic E-state index is 6.01. The molecule has 1 atom stereocenters. The third-order valence-corrected chi connectivity index (χ3v) is 3.30. The van der Waals surface area contributed by atoms with E-state index in [1.807, 2.05) is 13.0 Å². The first-order valence-electron chi connectivity index (χ1n) is 6.68. The Balaban J connectivity index is 2.29. The minimum atomic E-state index is 0.472. The highest BCUT2D eigenvalue weighted by molar-refractivity contribution is 6.31. The van der Waals surface area contributed by atoms with Crippen LogP contribution in [0.2, 0.25) is 5.02 Å². The van der Waals surface area contributed by atoms with Crippen LogP contribution in [-0.2, 0) is 6.54 Å². The molecule has 102 valence electrons. The quantitative estimate of drug-likeness (QED) is 0.792. The van der Waals surface area contributed by atoms with E-state index < -0.39 is 0 Å². The normalized spacial score (nSPS) is 13.0. The van der Waals surface area contributed by atoms with Crippen molar-refractivity contribution in [3.05, 3.63) is 34.3 Å². The van der Waals surface area contributed by atoms with Crippen molar-refractivity contribution in [2.75, 3.05) is 13.1 Å². The Bertz CT molecular complexity index is 364. The molecule has 0 amide bonds. The van der Waals surface area contributed by atoms with Gasteiger partial charge < -0.3 is 10.6 Å². The Kier molecular flexibility index (Phi) is 6.69. The van der Waals surface area contributed by atoms with Gasteiger partial charge in [-0.05, 0) is 43.5 Å². The van der Waals surface area contributed by atoms with Crippen LogP contribution in [0, 0.1) is 12.8 Å². The van der Waals surface area contributed by atoms with Gasteiger partial charge in [-0.1, -0.05) is 37.6 Å². The monoisotopic (exact) mass is 268 g/mol. The number of hydrogen-bond acceptors (Lipinski definition) is 2. The summed E-state index contributed by atoms with van der Waals surface area (Å²) in [5.74, 6) is 0.705. The zero-order valence-electron chi connectivity index (χ0n) is 11.9. The number of aryl methyl sites for hydroxylation is 1. The van der Waals surface area contributed by atoms with E-state index in [4.69, 9.17) is 11.6 Å². The highest BCUT2D eigenvalue weighted by Gasteiger charge is 2.03. The summed E-state index contributed by atoms with van der Waals surface area (Å²) in [4.78, 5) is 0. The van der Waals surface area contributed by atoms with Crippen LogP contribution < -0.4 is 10.6 Å². The number of nitrogens with one attached hydrogen (secondary N) is 2. The summed E-state index contributed by atoms with van der Waals surface area (Å²) in [7, 11) is 0. The molecule has 1 unspecified atom stereocenters. The van der Waals surface area contributed by atoms with Crippen LogP contribution in [0.3, 0.4) is 0 Å². The van der Waals surface area contributed by atoms with Gasteiger partial charge >= 0.3 is 0 Å². The fraction of sp³-hybridized carbons (Fsp3) is 0.600. The van der Waals surface area contributed by atoms with Crippen LogP contribution in [0.15, 0.2) is 18.2 Å². The molecule has 1 aromatic rings. The molecule has 0 saturated carbocycles. The summed E-state index contributed by atoms with van der Waals surface area (Å²) in [5, 5.41) is 7.81. The fourth-order valence-electron chi connectivity index (χ4n) is 1.77. The first kappa shape index (κ1) is 15.5. The molecule has 1 aromatic carbocycles. The van der Waals surface area contributed by atoms with E-state index in [0.29, 0.717) is 12.0 Å². The van der Waals surface area contributed by atoms with Crippen molar-refractivity contribution in [3.63, 3.8) is 0 Å². The average molecular weight is 269 g/mol. The molecule has 2 nitrogen and oxygen atoms in total. The number of hydrogen-bond donors (Lipinski definition) is 2. The second-order valence-electron chi connectivity index (χ2n) is 5.42. The SMILES string of the molecule is Cc1cc(CNC(C)CNCC(C)C)ccc1Cl. The first-order chi connectivity index (χ1) is 8.49. The highest BCUT2D eigenvalue weighted by Crippen LogP contribution is 2.16. The molecule has 18 heavy (non-hydrogen) atoms. The smallest absolute Gasteiger partial charge is 0.0435 e. The minimum Gasteiger partial charge on any atom is -0.315 e. The lowest BCUT2D eigenvalue weighted by atomic mass is 10.1. The molecular formula is C15H25ClN2. The molecule has 0 saturated heterocycles. The van der Waals surface area contributed by atoms with Gasteiger partial charge in [0.2, 0.25) is 0 Å². The highest BCUT2D eigenvalue weighted by atomic mass is 35.5. The van der Waals surface area contributed by atoms with Crippen molar-refractivity contribution in [3.8, 4) is 0 Å². The van der Waals surface area contributed by atoms with Crippen molar-refractivity contribution in [1.82, 2.24) is 10.6 Å². The molecule has 0 bridgehead atoms. The predicted octanol–water partition coefficient (Wildman–Crippen LogP) is 3.37. The Morgan fingerprint density at radius 1 is 1.17 bits per heavy atom. The van der Waals surface area contributed by atoms with Gasteiger partial charge in [0, 0.05) is 24.2 Å². The van der Waals surface area contributed by atoms with Gasteiger partial charge in [-0.2, -0.15) is 0 Å². The Morgan fingerprint density at radius 2 is 1.89 bits per heavy atom. The van der Waals surface area contributed by atoms with Crippen molar-refractivity contribution in [2.45, 2.75) is 40.3 Å². The van der Waals surface area contributed by atoms with Gasteiger partial charge in [0.25, 0.3) is 0 Å². The molecule has 0 aromatic heterocycles. The van der Waals surface area contributed by atoms with Gasteiger partial charge in [0.15, 0.2) is 0 Å². The maximum atomic E-state index is 6.01. The number of rotatable bonds is 7. The minimum absolute atomic E-state index is 0.472. The molecule has 1 rings (SSSR count). The second kappa shape index (κ2) is 7.78. The zero-order chi connectivity index (χ0) is 13.5. The van der Waals surface area contributed by atoms with Crippen LogP contribution >= 0.6 is 11.6 Å². The zero-order valence-corrected chi connectivity index (χ0v) is 12.6. The standard InChI is InChI=1S/C15H25ClN2/c1-11(2)8-17-9-13(4)18-10-14-5-6-15(16)12(3)7-14/h5-7,11,13,17-18H,8-10H2,1-4H3. The fourth-order valence-corrected chi connectivity index (χ4v) is 1.89. The summed E-state index contributed by atoms with van der Waals surface area (Å²) in [6, 6.07) is 6.66. The molecule has 0 aliphatic heterocycles.